The summed E-state index contributed by atoms with van der Waals surface area (Å²) in [4.78, 5) is 25.1. The lowest BCUT2D eigenvalue weighted by Crippen LogP contribution is -2.60. The van der Waals surface area contributed by atoms with E-state index in [2.05, 4.69) is 19.2 Å². The summed E-state index contributed by atoms with van der Waals surface area (Å²) in [6.45, 7) is 4.37. The first-order valence-electron chi connectivity index (χ1n) is 37.0. The number of carbonyl (C=O) groups excluding carboxylic acids is 2. The normalized spacial score (nSPS) is 18.0. The van der Waals surface area contributed by atoms with Gasteiger partial charge in [0.05, 0.1) is 32.0 Å². The van der Waals surface area contributed by atoms with Crippen molar-refractivity contribution in [2.45, 2.75) is 423 Å². The summed E-state index contributed by atoms with van der Waals surface area (Å²) in [5.41, 5.74) is 0. The zero-order chi connectivity index (χ0) is 60.9. The minimum Gasteiger partial charge on any atom is -0.466 e. The molecule has 6 N–H and O–H groups in total. The van der Waals surface area contributed by atoms with Crippen LogP contribution in [0.1, 0.15) is 380 Å². The lowest BCUT2D eigenvalue weighted by molar-refractivity contribution is -0.302. The first-order valence-corrected chi connectivity index (χ1v) is 37.0. The smallest absolute Gasteiger partial charge is 0.305 e. The first kappa shape index (κ1) is 80.4. The molecular weight excluding hydrogens is 1050 g/mol. The lowest BCUT2D eigenvalue weighted by Gasteiger charge is -2.40. The summed E-state index contributed by atoms with van der Waals surface area (Å²) >= 11 is 0. The molecule has 0 radical (unpaired) electrons. The number of hydrogen-bond acceptors (Lipinski definition) is 10. The monoisotopic (exact) mass is 1190 g/mol. The van der Waals surface area contributed by atoms with Gasteiger partial charge >= 0.3 is 5.97 Å². The van der Waals surface area contributed by atoms with Gasteiger partial charge in [0.25, 0.3) is 0 Å². The maximum Gasteiger partial charge on any atom is 0.305 e. The van der Waals surface area contributed by atoms with Crippen LogP contribution in [-0.4, -0.2) is 100 Å². The second-order valence-corrected chi connectivity index (χ2v) is 26.0. The molecule has 0 aromatic heterocycles. The maximum absolute atomic E-state index is 13.0. The second-order valence-electron chi connectivity index (χ2n) is 26.0. The lowest BCUT2D eigenvalue weighted by atomic mass is 9.99. The molecule has 0 spiro atoms. The predicted octanol–water partition coefficient (Wildman–Crippen LogP) is 19.0. The predicted molar refractivity (Wildman–Crippen MR) is 352 cm³/mol. The van der Waals surface area contributed by atoms with Crippen LogP contribution < -0.4 is 5.32 Å². The molecule has 1 saturated heterocycles. The Morgan fingerprint density at radius 1 is 0.429 bits per heavy atom. The van der Waals surface area contributed by atoms with E-state index in [1.54, 1.807) is 6.08 Å². The topological polar surface area (TPSA) is 175 Å². The number of rotatable bonds is 66. The van der Waals surface area contributed by atoms with Crippen molar-refractivity contribution in [1.82, 2.24) is 5.32 Å². The van der Waals surface area contributed by atoms with Crippen LogP contribution in [0.4, 0.5) is 0 Å². The Labute approximate surface area is 519 Å². The van der Waals surface area contributed by atoms with Crippen molar-refractivity contribution in [1.29, 1.82) is 0 Å². The van der Waals surface area contributed by atoms with E-state index in [4.69, 9.17) is 14.2 Å². The zero-order valence-electron chi connectivity index (χ0n) is 55.4. The fraction of sp³-hybridized carbons (Fsp3) is 0.945. The van der Waals surface area contributed by atoms with E-state index in [1.165, 1.54) is 302 Å². The van der Waals surface area contributed by atoms with Crippen molar-refractivity contribution in [2.24, 2.45) is 0 Å². The summed E-state index contributed by atoms with van der Waals surface area (Å²) in [5.74, 6) is -0.160. The molecule has 11 nitrogen and oxygen atoms in total. The van der Waals surface area contributed by atoms with Crippen LogP contribution in [0.3, 0.4) is 0 Å². The molecule has 0 aromatic rings. The van der Waals surface area contributed by atoms with E-state index in [1.807, 2.05) is 6.08 Å². The van der Waals surface area contributed by atoms with E-state index < -0.39 is 49.5 Å². The van der Waals surface area contributed by atoms with Crippen LogP contribution in [0.25, 0.3) is 0 Å². The summed E-state index contributed by atoms with van der Waals surface area (Å²) in [5, 5.41) is 54.3. The molecule has 498 valence electrons. The molecule has 0 aromatic carbocycles. The molecule has 84 heavy (non-hydrogen) atoms. The number of hydrogen-bond donors (Lipinski definition) is 6. The molecule has 1 heterocycles. The highest BCUT2D eigenvalue weighted by atomic mass is 16.7. The summed E-state index contributed by atoms with van der Waals surface area (Å²) in [6.07, 6.45) is 68.1. The van der Waals surface area contributed by atoms with Crippen LogP contribution in [0.5, 0.6) is 0 Å². The van der Waals surface area contributed by atoms with Crippen molar-refractivity contribution in [3.63, 3.8) is 0 Å². The van der Waals surface area contributed by atoms with E-state index in [0.29, 0.717) is 19.4 Å². The van der Waals surface area contributed by atoms with Crippen LogP contribution in [-0.2, 0) is 23.8 Å². The van der Waals surface area contributed by atoms with Crippen LogP contribution in [0, 0.1) is 0 Å². The third kappa shape index (κ3) is 51.3. The van der Waals surface area contributed by atoms with E-state index in [0.717, 1.165) is 51.4 Å². The van der Waals surface area contributed by atoms with Crippen molar-refractivity contribution >= 4 is 11.9 Å². The number of amides is 1. The summed E-state index contributed by atoms with van der Waals surface area (Å²) < 4.78 is 16.7. The highest BCUT2D eigenvalue weighted by Crippen LogP contribution is 2.24. The highest BCUT2D eigenvalue weighted by molar-refractivity contribution is 5.76. The van der Waals surface area contributed by atoms with Crippen LogP contribution >= 0.6 is 0 Å². The fourth-order valence-electron chi connectivity index (χ4n) is 12.1. The van der Waals surface area contributed by atoms with E-state index in [9.17, 15) is 35.1 Å². The van der Waals surface area contributed by atoms with Gasteiger partial charge in [-0.15, -0.1) is 0 Å². The first-order chi connectivity index (χ1) is 41.2. The van der Waals surface area contributed by atoms with Crippen molar-refractivity contribution in [2.75, 3.05) is 19.8 Å². The van der Waals surface area contributed by atoms with Crippen LogP contribution in [0.15, 0.2) is 12.2 Å². The number of aliphatic hydroxyl groups is 5. The molecule has 1 amide bonds. The van der Waals surface area contributed by atoms with Gasteiger partial charge in [0.2, 0.25) is 5.91 Å². The third-order valence-electron chi connectivity index (χ3n) is 17.9. The number of unbranched alkanes of at least 4 members (excludes halogenated alkanes) is 52. The number of carbonyl (C=O) groups is 2. The summed E-state index contributed by atoms with van der Waals surface area (Å²) in [6, 6.07) is -0.804. The average Bonchev–Trinajstić information content (AvgIpc) is 3.70. The van der Waals surface area contributed by atoms with Gasteiger partial charge in [0.15, 0.2) is 6.29 Å². The Morgan fingerprint density at radius 3 is 1.11 bits per heavy atom. The van der Waals surface area contributed by atoms with Gasteiger partial charge in [-0.25, -0.2) is 0 Å². The van der Waals surface area contributed by atoms with Gasteiger partial charge < -0.3 is 45.1 Å². The average molecular weight is 1190 g/mol. The zero-order valence-corrected chi connectivity index (χ0v) is 55.4. The molecule has 1 fully saturated rings. The number of allylic oxidation sites excluding steroid dienone is 1. The third-order valence-corrected chi connectivity index (χ3v) is 17.9. The molecule has 1 aliphatic heterocycles. The molecule has 0 saturated carbocycles. The SMILES string of the molecule is CCCCCCCCC/C=C/C(O)C(COC1OC(CO)C(O)C(O)C1O)NC(=O)CCCCCCCCCCCCCCCCCCCCCCCCCCCCCCCCCCOC(=O)CCCCCCCCCCCCCCCCC. The second kappa shape index (κ2) is 63.0. The molecule has 7 unspecified atom stereocenters. The van der Waals surface area contributed by atoms with Crippen molar-refractivity contribution in [3.05, 3.63) is 12.2 Å². The Balaban J connectivity index is 1.87. The Bertz CT molecular complexity index is 1400. The molecule has 1 aliphatic rings. The van der Waals surface area contributed by atoms with Gasteiger partial charge in [-0.3, -0.25) is 9.59 Å². The van der Waals surface area contributed by atoms with Gasteiger partial charge in [0, 0.05) is 12.8 Å². The van der Waals surface area contributed by atoms with Gasteiger partial charge in [0.1, 0.15) is 24.4 Å². The standard InChI is InChI=1S/C73H141NO10/c1-3-5-7-9-11-13-14-15-34-38-41-45-49-53-57-61-69(78)82-62-58-54-50-46-42-39-36-33-31-29-27-25-23-21-19-17-16-18-20-22-24-26-28-30-32-35-37-40-44-48-52-56-60-68(77)74-65(66(76)59-55-51-47-43-12-10-8-6-4-2)64-83-73-72(81)71(80)70(79)67(63-75)84-73/h55,59,65-67,70-73,75-76,79-81H,3-54,56-58,60-64H2,1-2H3,(H,74,77)/b59-55+. The molecule has 0 bridgehead atoms. The van der Waals surface area contributed by atoms with Crippen molar-refractivity contribution in [3.8, 4) is 0 Å². The molecular formula is C73H141NO10. The largest absolute Gasteiger partial charge is 0.466 e. The van der Waals surface area contributed by atoms with E-state index in [-0.39, 0.29) is 18.5 Å². The Morgan fingerprint density at radius 2 is 0.750 bits per heavy atom. The molecule has 1 rings (SSSR count). The summed E-state index contributed by atoms with van der Waals surface area (Å²) in [7, 11) is 0. The Hall–Kier alpha value is -1.60. The Kier molecular flexibility index (Phi) is 60.3. The maximum atomic E-state index is 13.0. The van der Waals surface area contributed by atoms with Crippen LogP contribution in [0.2, 0.25) is 0 Å². The van der Waals surface area contributed by atoms with Gasteiger partial charge in [-0.2, -0.15) is 0 Å². The minimum atomic E-state index is -1.57. The number of aliphatic hydroxyl groups excluding tert-OH is 5. The fourth-order valence-corrected chi connectivity index (χ4v) is 12.1. The number of esters is 1. The van der Waals surface area contributed by atoms with E-state index >= 15 is 0 Å². The van der Waals surface area contributed by atoms with Gasteiger partial charge in [-0.1, -0.05) is 347 Å². The van der Waals surface area contributed by atoms with Gasteiger partial charge in [-0.05, 0) is 32.1 Å². The number of ether oxygens (including phenoxy) is 3. The number of nitrogens with one attached hydrogen (secondary N) is 1. The quantitative estimate of drug-likeness (QED) is 0.0195. The molecule has 7 atom stereocenters. The highest BCUT2D eigenvalue weighted by Gasteiger charge is 2.44. The molecule has 0 aliphatic carbocycles. The molecule has 11 heteroatoms. The minimum absolute atomic E-state index is 0.0174. The van der Waals surface area contributed by atoms with Crippen molar-refractivity contribution < 1.29 is 49.3 Å².